The van der Waals surface area contributed by atoms with Crippen molar-refractivity contribution >= 4 is 29.1 Å². The van der Waals surface area contributed by atoms with Crippen LogP contribution in [-0.2, 0) is 7.05 Å². The van der Waals surface area contributed by atoms with E-state index >= 15 is 0 Å². The van der Waals surface area contributed by atoms with Gasteiger partial charge in [0.05, 0.1) is 23.3 Å². The van der Waals surface area contributed by atoms with E-state index in [-0.39, 0.29) is 17.5 Å². The number of nitrogens with two attached hydrogens (primary N) is 1. The topological polar surface area (TPSA) is 118 Å². The van der Waals surface area contributed by atoms with Crippen LogP contribution in [0.1, 0.15) is 18.5 Å². The van der Waals surface area contributed by atoms with E-state index in [2.05, 4.69) is 31.8 Å². The number of benzene rings is 1. The molecule has 4 aromatic rings. The number of nitrogens with zero attached hydrogens (tertiary/aromatic N) is 6. The summed E-state index contributed by atoms with van der Waals surface area (Å²) in [5, 5.41) is 6.55. The molecule has 0 aliphatic heterocycles. The van der Waals surface area contributed by atoms with E-state index < -0.39 is 5.56 Å². The van der Waals surface area contributed by atoms with Crippen molar-refractivity contribution in [2.45, 2.75) is 13.0 Å². The highest BCUT2D eigenvalue weighted by Crippen LogP contribution is 2.30. The molecule has 0 aliphatic carbocycles. The van der Waals surface area contributed by atoms with Crippen LogP contribution in [-0.4, -0.2) is 31.4 Å². The molecule has 3 heterocycles. The summed E-state index contributed by atoms with van der Waals surface area (Å²) in [6, 6.07) is 9.50. The minimum atomic E-state index is -0.422. The number of aliphatic imine (C=N–C) groups is 1. The van der Waals surface area contributed by atoms with Crippen LogP contribution in [0.25, 0.3) is 22.3 Å². The number of aromatic amines is 1. The standard InChI is InChI=1S/C20H20N8O/c1-12(13-6-7-16-14(9-13)5-4-8-23-16)28(21)19-17(22-2)20(29)26-18(25-19)15-10-24-27(3)11-15/h4-12H,2,21H2,1,3H3,(H,25,26,29)/t12-/m0/s1. The number of anilines is 1. The Labute approximate surface area is 166 Å². The van der Waals surface area contributed by atoms with E-state index in [4.69, 9.17) is 5.84 Å². The maximum absolute atomic E-state index is 12.6. The molecular weight excluding hydrogens is 368 g/mol. The number of fused-ring (bicyclic) bond motifs is 1. The predicted octanol–water partition coefficient (Wildman–Crippen LogP) is 2.49. The Balaban J connectivity index is 1.78. The molecule has 1 aromatic carbocycles. The van der Waals surface area contributed by atoms with Crippen LogP contribution < -0.4 is 16.4 Å². The number of rotatable bonds is 5. The van der Waals surface area contributed by atoms with E-state index in [0.717, 1.165) is 16.5 Å². The lowest BCUT2D eigenvalue weighted by Gasteiger charge is -2.26. The van der Waals surface area contributed by atoms with Gasteiger partial charge < -0.3 is 4.98 Å². The number of H-pyrrole nitrogens is 1. The van der Waals surface area contributed by atoms with Gasteiger partial charge in [0.25, 0.3) is 5.56 Å². The fourth-order valence-corrected chi connectivity index (χ4v) is 3.16. The fraction of sp³-hybridized carbons (Fsp3) is 0.150. The third-order valence-corrected chi connectivity index (χ3v) is 4.78. The first-order valence-corrected chi connectivity index (χ1v) is 8.96. The van der Waals surface area contributed by atoms with Crippen LogP contribution in [0.2, 0.25) is 0 Å². The zero-order chi connectivity index (χ0) is 20.5. The second-order valence-corrected chi connectivity index (χ2v) is 6.69. The third-order valence-electron chi connectivity index (χ3n) is 4.78. The van der Waals surface area contributed by atoms with Crippen molar-refractivity contribution in [2.24, 2.45) is 17.9 Å². The van der Waals surface area contributed by atoms with Gasteiger partial charge in [0, 0.05) is 24.8 Å². The lowest BCUT2D eigenvalue weighted by Crippen LogP contribution is -2.35. The third kappa shape index (κ3) is 3.39. The summed E-state index contributed by atoms with van der Waals surface area (Å²) in [6.45, 7) is 5.42. The molecule has 9 nitrogen and oxygen atoms in total. The molecule has 0 spiro atoms. The van der Waals surface area contributed by atoms with Gasteiger partial charge in [0.15, 0.2) is 11.5 Å². The largest absolute Gasteiger partial charge is 0.304 e. The van der Waals surface area contributed by atoms with Gasteiger partial charge in [-0.05, 0) is 37.4 Å². The van der Waals surface area contributed by atoms with E-state index in [9.17, 15) is 4.79 Å². The van der Waals surface area contributed by atoms with Gasteiger partial charge in [-0.15, -0.1) is 0 Å². The number of hydrogen-bond donors (Lipinski definition) is 2. The van der Waals surface area contributed by atoms with Crippen LogP contribution in [0.3, 0.4) is 0 Å². The Hall–Kier alpha value is -3.85. The molecule has 0 radical (unpaired) electrons. The zero-order valence-electron chi connectivity index (χ0n) is 16.1. The first-order valence-electron chi connectivity index (χ1n) is 8.96. The molecule has 0 unspecified atom stereocenters. The maximum Gasteiger partial charge on any atom is 0.279 e. The lowest BCUT2D eigenvalue weighted by molar-refractivity contribution is 0.686. The first-order chi connectivity index (χ1) is 14.0. The Morgan fingerprint density at radius 1 is 1.34 bits per heavy atom. The molecule has 0 saturated carbocycles. The van der Waals surface area contributed by atoms with Gasteiger partial charge in [-0.1, -0.05) is 12.1 Å². The fourth-order valence-electron chi connectivity index (χ4n) is 3.16. The highest BCUT2D eigenvalue weighted by Gasteiger charge is 2.21. The van der Waals surface area contributed by atoms with E-state index in [0.29, 0.717) is 11.4 Å². The van der Waals surface area contributed by atoms with Gasteiger partial charge in [-0.2, -0.15) is 5.10 Å². The smallest absolute Gasteiger partial charge is 0.279 e. The molecule has 3 N–H and O–H groups in total. The summed E-state index contributed by atoms with van der Waals surface area (Å²) in [5.74, 6) is 7.00. The summed E-state index contributed by atoms with van der Waals surface area (Å²) >= 11 is 0. The molecule has 1 atom stereocenters. The van der Waals surface area contributed by atoms with Crippen LogP contribution >= 0.6 is 0 Å². The summed E-state index contributed by atoms with van der Waals surface area (Å²) < 4.78 is 1.63. The summed E-state index contributed by atoms with van der Waals surface area (Å²) in [6.07, 6.45) is 5.12. The van der Waals surface area contributed by atoms with Gasteiger partial charge in [-0.25, -0.2) is 10.8 Å². The number of hydrazine groups is 1. The van der Waals surface area contributed by atoms with Crippen LogP contribution in [0.15, 0.2) is 58.7 Å². The Morgan fingerprint density at radius 3 is 2.90 bits per heavy atom. The molecule has 9 heteroatoms. The number of aromatic nitrogens is 5. The lowest BCUT2D eigenvalue weighted by atomic mass is 10.0. The zero-order valence-corrected chi connectivity index (χ0v) is 16.1. The SMILES string of the molecule is C=Nc1c(N(N)[C@@H](C)c2ccc3ncccc3c2)nc(-c2cnn(C)c2)[nH]c1=O. The minimum Gasteiger partial charge on any atom is -0.304 e. The maximum atomic E-state index is 12.6. The molecule has 0 aliphatic rings. The van der Waals surface area contributed by atoms with Crippen molar-refractivity contribution in [2.75, 3.05) is 5.01 Å². The number of nitrogens with one attached hydrogen (secondary N) is 1. The van der Waals surface area contributed by atoms with Crippen molar-refractivity contribution in [1.82, 2.24) is 24.7 Å². The normalized spacial score (nSPS) is 12.1. The van der Waals surface area contributed by atoms with E-state index in [1.54, 1.807) is 30.3 Å². The van der Waals surface area contributed by atoms with Gasteiger partial charge >= 0.3 is 0 Å². The Kier molecular flexibility index (Phi) is 4.65. The van der Waals surface area contributed by atoms with Crippen LogP contribution in [0.4, 0.5) is 11.5 Å². The van der Waals surface area contributed by atoms with Gasteiger partial charge in [0.1, 0.15) is 5.82 Å². The first kappa shape index (κ1) is 18.5. The molecule has 29 heavy (non-hydrogen) atoms. The number of pyridine rings is 1. The van der Waals surface area contributed by atoms with E-state index in [1.807, 2.05) is 37.3 Å². The molecule has 0 saturated heterocycles. The summed E-state index contributed by atoms with van der Waals surface area (Å²) in [5.41, 5.74) is 2.16. The second-order valence-electron chi connectivity index (χ2n) is 6.69. The van der Waals surface area contributed by atoms with Crippen molar-refractivity contribution in [3.05, 3.63) is 64.8 Å². The van der Waals surface area contributed by atoms with Crippen molar-refractivity contribution in [1.29, 1.82) is 0 Å². The molecule has 0 fully saturated rings. The van der Waals surface area contributed by atoms with E-state index in [1.165, 1.54) is 5.01 Å². The highest BCUT2D eigenvalue weighted by atomic mass is 16.1. The number of aryl methyl sites for hydroxylation is 1. The van der Waals surface area contributed by atoms with Crippen LogP contribution in [0, 0.1) is 0 Å². The minimum absolute atomic E-state index is 0.0643. The average molecular weight is 388 g/mol. The molecule has 0 amide bonds. The molecule has 0 bridgehead atoms. The average Bonchev–Trinajstić information content (AvgIpc) is 3.18. The molecule has 3 aromatic heterocycles. The van der Waals surface area contributed by atoms with Crippen LogP contribution in [0.5, 0.6) is 0 Å². The van der Waals surface area contributed by atoms with Crippen molar-refractivity contribution < 1.29 is 0 Å². The quantitative estimate of drug-likeness (QED) is 0.308. The monoisotopic (exact) mass is 388 g/mol. The summed E-state index contributed by atoms with van der Waals surface area (Å²) in [4.78, 5) is 28.0. The van der Waals surface area contributed by atoms with Gasteiger partial charge in [-0.3, -0.25) is 24.5 Å². The Bertz CT molecular complexity index is 1260. The molecule has 4 rings (SSSR count). The second kappa shape index (κ2) is 7.28. The van der Waals surface area contributed by atoms with Crippen molar-refractivity contribution in [3.63, 3.8) is 0 Å². The van der Waals surface area contributed by atoms with Crippen molar-refractivity contribution in [3.8, 4) is 11.4 Å². The molecule has 146 valence electrons. The molecular formula is C20H20N8O. The predicted molar refractivity (Wildman–Crippen MR) is 113 cm³/mol. The Morgan fingerprint density at radius 2 is 2.17 bits per heavy atom. The highest BCUT2D eigenvalue weighted by molar-refractivity contribution is 5.79. The summed E-state index contributed by atoms with van der Waals surface area (Å²) in [7, 11) is 1.79. The van der Waals surface area contributed by atoms with Gasteiger partial charge in [0.2, 0.25) is 0 Å². The number of hydrogen-bond acceptors (Lipinski definition) is 7.